The van der Waals surface area contributed by atoms with Crippen molar-refractivity contribution in [2.75, 3.05) is 0 Å². The molecule has 1 saturated carbocycles. The van der Waals surface area contributed by atoms with E-state index in [4.69, 9.17) is 16.7 Å². The van der Waals surface area contributed by atoms with Crippen LogP contribution in [0.2, 0.25) is 5.02 Å². The fourth-order valence-corrected chi connectivity index (χ4v) is 2.86. The molecule has 1 aromatic carbocycles. The van der Waals surface area contributed by atoms with E-state index in [2.05, 4.69) is 5.32 Å². The maximum atomic E-state index is 13.6. The van der Waals surface area contributed by atoms with Gasteiger partial charge in [-0.2, -0.15) is 0 Å². The van der Waals surface area contributed by atoms with Crippen LogP contribution in [-0.2, 0) is 16.0 Å². The summed E-state index contributed by atoms with van der Waals surface area (Å²) in [5.74, 6) is -1.88. The number of carboxylic acids is 1. The summed E-state index contributed by atoms with van der Waals surface area (Å²) in [5, 5.41) is 12.0. The van der Waals surface area contributed by atoms with E-state index < -0.39 is 11.8 Å². The molecule has 1 fully saturated rings. The van der Waals surface area contributed by atoms with Crippen LogP contribution >= 0.6 is 11.6 Å². The number of carboxylic acid groups (broad SMARTS) is 1. The highest BCUT2D eigenvalue weighted by atomic mass is 35.5. The molecule has 0 spiro atoms. The zero-order valence-electron chi connectivity index (χ0n) is 11.4. The number of hydrogen-bond donors (Lipinski definition) is 2. The molecule has 0 aromatic heterocycles. The molecule has 0 radical (unpaired) electrons. The smallest absolute Gasteiger partial charge is 0.306 e. The Kier molecular flexibility index (Phi) is 5.17. The highest BCUT2D eigenvalue weighted by molar-refractivity contribution is 6.31. The van der Waals surface area contributed by atoms with E-state index in [1.165, 1.54) is 12.1 Å². The molecular formula is C15H17ClFNO3. The van der Waals surface area contributed by atoms with E-state index in [0.29, 0.717) is 25.7 Å². The minimum Gasteiger partial charge on any atom is -0.481 e. The van der Waals surface area contributed by atoms with Crippen LogP contribution in [0.25, 0.3) is 0 Å². The molecule has 6 heteroatoms. The van der Waals surface area contributed by atoms with E-state index in [9.17, 15) is 14.0 Å². The van der Waals surface area contributed by atoms with Gasteiger partial charge in [-0.25, -0.2) is 4.39 Å². The normalized spacial score (nSPS) is 21.8. The minimum atomic E-state index is -0.780. The van der Waals surface area contributed by atoms with Crippen LogP contribution in [0.1, 0.15) is 31.2 Å². The number of halogens is 2. The van der Waals surface area contributed by atoms with Gasteiger partial charge in [0.1, 0.15) is 5.82 Å². The summed E-state index contributed by atoms with van der Waals surface area (Å²) in [6.07, 6.45) is 2.27. The first kappa shape index (κ1) is 15.8. The summed E-state index contributed by atoms with van der Waals surface area (Å²) in [5.41, 5.74) is 0.191. The summed E-state index contributed by atoms with van der Waals surface area (Å²) in [7, 11) is 0. The van der Waals surface area contributed by atoms with Gasteiger partial charge in [-0.15, -0.1) is 0 Å². The molecule has 114 valence electrons. The number of rotatable bonds is 4. The van der Waals surface area contributed by atoms with E-state index in [1.807, 2.05) is 0 Å². The molecule has 1 aliphatic rings. The molecule has 0 saturated heterocycles. The van der Waals surface area contributed by atoms with Gasteiger partial charge in [-0.1, -0.05) is 17.7 Å². The predicted octanol–water partition coefficient (Wildman–Crippen LogP) is 2.78. The van der Waals surface area contributed by atoms with Crippen molar-refractivity contribution in [3.63, 3.8) is 0 Å². The highest BCUT2D eigenvalue weighted by Gasteiger charge is 2.26. The van der Waals surface area contributed by atoms with Gasteiger partial charge in [-0.3, -0.25) is 9.59 Å². The number of carbonyl (C=O) groups excluding carboxylic acids is 1. The van der Waals surface area contributed by atoms with E-state index >= 15 is 0 Å². The van der Waals surface area contributed by atoms with Crippen LogP contribution in [0.3, 0.4) is 0 Å². The summed E-state index contributed by atoms with van der Waals surface area (Å²) < 4.78 is 13.6. The van der Waals surface area contributed by atoms with Crippen molar-refractivity contribution in [3.8, 4) is 0 Å². The fourth-order valence-electron chi connectivity index (χ4n) is 2.63. The average Bonchev–Trinajstić information content (AvgIpc) is 2.43. The topological polar surface area (TPSA) is 66.4 Å². The summed E-state index contributed by atoms with van der Waals surface area (Å²) in [6, 6.07) is 4.27. The second-order valence-corrected chi connectivity index (χ2v) is 5.74. The monoisotopic (exact) mass is 313 g/mol. The second-order valence-electron chi connectivity index (χ2n) is 5.33. The van der Waals surface area contributed by atoms with Crippen molar-refractivity contribution in [1.82, 2.24) is 5.32 Å². The SMILES string of the molecule is O=C(Cc1c(F)cccc1Cl)NC1CCC(C(=O)O)CC1. The molecule has 0 unspecified atom stereocenters. The number of hydrogen-bond acceptors (Lipinski definition) is 2. The standard InChI is InChI=1S/C15H17ClFNO3/c16-12-2-1-3-13(17)11(12)8-14(19)18-10-6-4-9(5-7-10)15(20)21/h1-3,9-10H,4-8H2,(H,18,19)(H,20,21). The molecule has 1 aliphatic carbocycles. The van der Waals surface area contributed by atoms with E-state index in [1.54, 1.807) is 6.07 Å². The first-order valence-electron chi connectivity index (χ1n) is 6.92. The van der Waals surface area contributed by atoms with Crippen molar-refractivity contribution in [2.24, 2.45) is 5.92 Å². The lowest BCUT2D eigenvalue weighted by Crippen LogP contribution is -2.39. The van der Waals surface area contributed by atoms with Gasteiger partial charge in [-0.05, 0) is 37.8 Å². The average molecular weight is 314 g/mol. The van der Waals surface area contributed by atoms with Crippen LogP contribution in [0.15, 0.2) is 18.2 Å². The quantitative estimate of drug-likeness (QED) is 0.898. The van der Waals surface area contributed by atoms with E-state index in [0.717, 1.165) is 0 Å². The molecule has 0 bridgehead atoms. The minimum absolute atomic E-state index is 0.0429. The van der Waals surface area contributed by atoms with Crippen molar-refractivity contribution in [3.05, 3.63) is 34.6 Å². The fraction of sp³-hybridized carbons (Fsp3) is 0.467. The predicted molar refractivity (Wildman–Crippen MR) is 76.6 cm³/mol. The van der Waals surface area contributed by atoms with Crippen LogP contribution in [0.5, 0.6) is 0 Å². The molecule has 1 amide bonds. The summed E-state index contributed by atoms with van der Waals surface area (Å²) in [6.45, 7) is 0. The molecule has 0 heterocycles. The van der Waals surface area contributed by atoms with Gasteiger partial charge in [0.15, 0.2) is 0 Å². The Balaban J connectivity index is 1.87. The Morgan fingerprint density at radius 2 is 1.95 bits per heavy atom. The Labute approximate surface area is 127 Å². The Bertz CT molecular complexity index is 521. The molecule has 2 N–H and O–H groups in total. The third kappa shape index (κ3) is 4.17. The van der Waals surface area contributed by atoms with Crippen LogP contribution in [-0.4, -0.2) is 23.0 Å². The zero-order chi connectivity index (χ0) is 15.4. The number of aliphatic carboxylic acids is 1. The Morgan fingerprint density at radius 1 is 1.29 bits per heavy atom. The molecule has 4 nitrogen and oxygen atoms in total. The summed E-state index contributed by atoms with van der Waals surface area (Å²) in [4.78, 5) is 22.8. The largest absolute Gasteiger partial charge is 0.481 e. The number of nitrogens with one attached hydrogen (secondary N) is 1. The lowest BCUT2D eigenvalue weighted by Gasteiger charge is -2.26. The first-order chi connectivity index (χ1) is 9.97. The van der Waals surface area contributed by atoms with Crippen molar-refractivity contribution in [2.45, 2.75) is 38.1 Å². The van der Waals surface area contributed by atoms with E-state index in [-0.39, 0.29) is 34.9 Å². The maximum Gasteiger partial charge on any atom is 0.306 e. The first-order valence-corrected chi connectivity index (χ1v) is 7.30. The second kappa shape index (κ2) is 6.89. The third-order valence-electron chi connectivity index (χ3n) is 3.84. The van der Waals surface area contributed by atoms with Crippen molar-refractivity contribution >= 4 is 23.5 Å². The molecule has 21 heavy (non-hydrogen) atoms. The lowest BCUT2D eigenvalue weighted by molar-refractivity contribution is -0.142. The van der Waals surface area contributed by atoms with Crippen molar-refractivity contribution in [1.29, 1.82) is 0 Å². The lowest BCUT2D eigenvalue weighted by atomic mass is 9.86. The van der Waals surface area contributed by atoms with Crippen molar-refractivity contribution < 1.29 is 19.1 Å². The third-order valence-corrected chi connectivity index (χ3v) is 4.19. The van der Waals surface area contributed by atoms with Gasteiger partial charge in [0.25, 0.3) is 0 Å². The molecular weight excluding hydrogens is 297 g/mol. The maximum absolute atomic E-state index is 13.6. The van der Waals surface area contributed by atoms with Gasteiger partial charge < -0.3 is 10.4 Å². The van der Waals surface area contributed by atoms with Crippen LogP contribution in [0, 0.1) is 11.7 Å². The number of carbonyl (C=O) groups is 2. The van der Waals surface area contributed by atoms with Crippen LogP contribution < -0.4 is 5.32 Å². The van der Waals surface area contributed by atoms with Gasteiger partial charge in [0.05, 0.1) is 12.3 Å². The molecule has 0 aliphatic heterocycles. The summed E-state index contributed by atoms with van der Waals surface area (Å²) >= 11 is 5.89. The van der Waals surface area contributed by atoms with Crippen LogP contribution in [0.4, 0.5) is 4.39 Å². The van der Waals surface area contributed by atoms with Gasteiger partial charge in [0, 0.05) is 16.6 Å². The van der Waals surface area contributed by atoms with Gasteiger partial charge in [0.2, 0.25) is 5.91 Å². The molecule has 0 atom stereocenters. The number of benzene rings is 1. The Hall–Kier alpha value is -1.62. The molecule has 1 aromatic rings. The number of amides is 1. The highest BCUT2D eigenvalue weighted by Crippen LogP contribution is 2.25. The Morgan fingerprint density at radius 3 is 2.52 bits per heavy atom. The van der Waals surface area contributed by atoms with Gasteiger partial charge >= 0.3 is 5.97 Å². The molecule has 2 rings (SSSR count). The zero-order valence-corrected chi connectivity index (χ0v) is 12.2.